The molecule has 1 aliphatic heterocycles. The summed E-state index contributed by atoms with van der Waals surface area (Å²) in [7, 11) is -0.895. The fourth-order valence-electron chi connectivity index (χ4n) is 2.98. The van der Waals surface area contributed by atoms with Crippen LogP contribution in [0.2, 0.25) is 0 Å². The third kappa shape index (κ3) is 3.93. The predicted molar refractivity (Wildman–Crippen MR) is 89.0 cm³/mol. The van der Waals surface area contributed by atoms with E-state index in [-0.39, 0.29) is 22.6 Å². The molecule has 0 saturated carbocycles. The van der Waals surface area contributed by atoms with Crippen LogP contribution in [0.25, 0.3) is 0 Å². The molecular weight excluding hydrogens is 282 g/mol. The zero-order valence-corrected chi connectivity index (χ0v) is 14.3. The Balaban J connectivity index is 2.16. The lowest BCUT2D eigenvalue weighted by molar-refractivity contribution is 0.126. The molecule has 4 heteroatoms. The van der Waals surface area contributed by atoms with E-state index in [9.17, 15) is 4.21 Å². The number of rotatable bonds is 6. The van der Waals surface area contributed by atoms with Gasteiger partial charge >= 0.3 is 0 Å². The van der Waals surface area contributed by atoms with Gasteiger partial charge in [0.25, 0.3) is 0 Å². The maximum absolute atomic E-state index is 12.9. The Hall–Kier alpha value is -0.710. The van der Waals surface area contributed by atoms with Crippen LogP contribution in [-0.2, 0) is 15.5 Å². The van der Waals surface area contributed by atoms with Gasteiger partial charge in [-0.3, -0.25) is 4.21 Å². The minimum absolute atomic E-state index is 0.0711. The number of hydrogen-bond donors (Lipinski definition) is 1. The molecule has 0 spiro atoms. The second kappa shape index (κ2) is 7.52. The van der Waals surface area contributed by atoms with Gasteiger partial charge in [0.05, 0.1) is 16.6 Å². The maximum Gasteiger partial charge on any atom is 0.0691 e. The highest BCUT2D eigenvalue weighted by molar-refractivity contribution is 7.86. The molecule has 0 bridgehead atoms. The first-order chi connectivity index (χ1) is 10.0. The molecule has 1 aliphatic rings. The van der Waals surface area contributed by atoms with Gasteiger partial charge in [0.1, 0.15) is 0 Å². The smallest absolute Gasteiger partial charge is 0.0691 e. The van der Waals surface area contributed by atoms with Crippen molar-refractivity contribution < 1.29 is 8.95 Å². The van der Waals surface area contributed by atoms with Crippen LogP contribution in [0.4, 0.5) is 0 Å². The van der Waals surface area contributed by atoms with Gasteiger partial charge in [0, 0.05) is 23.4 Å². The first-order valence-corrected chi connectivity index (χ1v) is 9.13. The minimum Gasteiger partial charge on any atom is -0.377 e. The lowest BCUT2D eigenvalue weighted by atomic mass is 10.0. The van der Waals surface area contributed by atoms with Crippen molar-refractivity contribution in [2.45, 2.75) is 56.8 Å². The molecule has 0 radical (unpaired) electrons. The Morgan fingerprint density at radius 3 is 2.57 bits per heavy atom. The molecule has 0 aliphatic carbocycles. The molecule has 1 fully saturated rings. The summed E-state index contributed by atoms with van der Waals surface area (Å²) < 4.78 is 18.5. The number of ether oxygens (including phenoxy) is 1. The van der Waals surface area contributed by atoms with Crippen molar-refractivity contribution in [2.75, 3.05) is 13.2 Å². The van der Waals surface area contributed by atoms with E-state index in [1.807, 2.05) is 6.92 Å². The van der Waals surface area contributed by atoms with Gasteiger partial charge in [-0.15, -0.1) is 0 Å². The van der Waals surface area contributed by atoms with Gasteiger partial charge in [0.15, 0.2) is 0 Å². The topological polar surface area (TPSA) is 38.3 Å². The number of hydrogen-bond acceptors (Lipinski definition) is 3. The van der Waals surface area contributed by atoms with Crippen LogP contribution in [-0.4, -0.2) is 34.0 Å². The normalized spacial score (nSPS) is 26.5. The third-order valence-corrected chi connectivity index (χ3v) is 6.52. The molecule has 118 valence electrons. The summed E-state index contributed by atoms with van der Waals surface area (Å²) >= 11 is 0. The monoisotopic (exact) mass is 309 g/mol. The molecule has 0 aromatic heterocycles. The molecule has 21 heavy (non-hydrogen) atoms. The first kappa shape index (κ1) is 16.7. The van der Waals surface area contributed by atoms with E-state index in [0.29, 0.717) is 0 Å². The van der Waals surface area contributed by atoms with Crippen LogP contribution in [0, 0.1) is 6.92 Å². The average Bonchev–Trinajstić information content (AvgIpc) is 2.90. The average molecular weight is 309 g/mol. The molecule has 0 amide bonds. The molecule has 1 aromatic rings. The lowest BCUT2D eigenvalue weighted by Crippen LogP contribution is -2.38. The second-order valence-corrected chi connectivity index (χ2v) is 7.89. The maximum atomic E-state index is 12.9. The van der Waals surface area contributed by atoms with Crippen LogP contribution < -0.4 is 5.32 Å². The van der Waals surface area contributed by atoms with Crippen molar-refractivity contribution in [3.8, 4) is 0 Å². The highest BCUT2D eigenvalue weighted by Crippen LogP contribution is 2.28. The van der Waals surface area contributed by atoms with Crippen molar-refractivity contribution in [2.24, 2.45) is 0 Å². The first-order valence-electron chi connectivity index (χ1n) is 7.85. The van der Waals surface area contributed by atoms with Gasteiger partial charge in [-0.05, 0) is 39.3 Å². The highest BCUT2D eigenvalue weighted by atomic mass is 32.2. The molecular formula is C17H27NO2S. The van der Waals surface area contributed by atoms with Crippen molar-refractivity contribution in [3.63, 3.8) is 0 Å². The van der Waals surface area contributed by atoms with Crippen LogP contribution in [0.1, 0.15) is 44.4 Å². The Morgan fingerprint density at radius 2 is 2.05 bits per heavy atom. The van der Waals surface area contributed by atoms with E-state index in [1.165, 1.54) is 11.1 Å². The number of nitrogens with one attached hydrogen (secondary N) is 1. The van der Waals surface area contributed by atoms with Gasteiger partial charge in [-0.1, -0.05) is 36.8 Å². The molecule has 2 rings (SSSR count). The van der Waals surface area contributed by atoms with E-state index >= 15 is 0 Å². The predicted octanol–water partition coefficient (Wildman–Crippen LogP) is 2.96. The third-order valence-electron chi connectivity index (χ3n) is 4.30. The van der Waals surface area contributed by atoms with Gasteiger partial charge in [-0.2, -0.15) is 0 Å². The zero-order chi connectivity index (χ0) is 15.4. The molecule has 5 atom stereocenters. The highest BCUT2D eigenvalue weighted by Gasteiger charge is 2.35. The molecule has 3 nitrogen and oxygen atoms in total. The second-order valence-electron chi connectivity index (χ2n) is 5.88. The summed E-state index contributed by atoms with van der Waals surface area (Å²) in [5.41, 5.74) is 2.47. The molecule has 1 saturated heterocycles. The largest absolute Gasteiger partial charge is 0.377 e. The van der Waals surface area contributed by atoms with Crippen molar-refractivity contribution >= 4 is 10.8 Å². The fraction of sp³-hybridized carbons (Fsp3) is 0.647. The molecule has 1 N–H and O–H groups in total. The lowest BCUT2D eigenvalue weighted by Gasteiger charge is -2.28. The Labute approximate surface area is 130 Å². The SMILES string of the molecule is CCNC(c1ccc(C)cc1)C(C)S(=O)C1CCOC1C. The van der Waals surface area contributed by atoms with Gasteiger partial charge < -0.3 is 10.1 Å². The molecule has 5 unspecified atom stereocenters. The standard InChI is InChI=1S/C17H27NO2S/c1-5-18-17(15-8-6-12(2)7-9-15)14(4)21(19)16-10-11-20-13(16)3/h6-9,13-14,16-18H,5,10-11H2,1-4H3. The molecule has 1 aromatic carbocycles. The van der Waals surface area contributed by atoms with Crippen molar-refractivity contribution in [1.29, 1.82) is 0 Å². The van der Waals surface area contributed by atoms with E-state index in [0.717, 1.165) is 19.6 Å². The van der Waals surface area contributed by atoms with E-state index in [1.54, 1.807) is 0 Å². The fourth-order valence-corrected chi connectivity index (χ4v) is 4.83. The summed E-state index contributed by atoms with van der Waals surface area (Å²) in [6.45, 7) is 9.92. The van der Waals surface area contributed by atoms with E-state index < -0.39 is 10.8 Å². The number of aryl methyl sites for hydroxylation is 1. The minimum atomic E-state index is -0.895. The number of benzene rings is 1. The Morgan fingerprint density at radius 1 is 1.38 bits per heavy atom. The van der Waals surface area contributed by atoms with E-state index in [2.05, 4.69) is 50.4 Å². The van der Waals surface area contributed by atoms with Crippen LogP contribution in [0.15, 0.2) is 24.3 Å². The summed E-state index contributed by atoms with van der Waals surface area (Å²) in [5, 5.41) is 3.73. The quantitative estimate of drug-likeness (QED) is 0.878. The van der Waals surface area contributed by atoms with Crippen molar-refractivity contribution in [3.05, 3.63) is 35.4 Å². The molecule has 1 heterocycles. The van der Waals surface area contributed by atoms with Crippen LogP contribution >= 0.6 is 0 Å². The Bertz CT molecular complexity index is 474. The van der Waals surface area contributed by atoms with Crippen LogP contribution in [0.5, 0.6) is 0 Å². The summed E-state index contributed by atoms with van der Waals surface area (Å²) in [5.74, 6) is 0. The summed E-state index contributed by atoms with van der Waals surface area (Å²) in [6.07, 6.45) is 1.01. The Kier molecular flexibility index (Phi) is 5.97. The van der Waals surface area contributed by atoms with Gasteiger partial charge in [-0.25, -0.2) is 0 Å². The van der Waals surface area contributed by atoms with Gasteiger partial charge in [0.2, 0.25) is 0 Å². The van der Waals surface area contributed by atoms with Crippen molar-refractivity contribution in [1.82, 2.24) is 5.32 Å². The van der Waals surface area contributed by atoms with Crippen LogP contribution in [0.3, 0.4) is 0 Å². The zero-order valence-electron chi connectivity index (χ0n) is 13.5. The summed E-state index contributed by atoms with van der Waals surface area (Å²) in [6, 6.07) is 8.66. The summed E-state index contributed by atoms with van der Waals surface area (Å²) in [4.78, 5) is 0. The van der Waals surface area contributed by atoms with E-state index in [4.69, 9.17) is 4.74 Å².